The van der Waals surface area contributed by atoms with Crippen molar-refractivity contribution >= 4 is 18.5 Å². The molecular weight excluding hydrogens is 198 g/mol. The van der Waals surface area contributed by atoms with Crippen LogP contribution in [0.1, 0.15) is 10.4 Å². The van der Waals surface area contributed by atoms with E-state index in [9.17, 15) is 4.79 Å². The van der Waals surface area contributed by atoms with Gasteiger partial charge < -0.3 is 0 Å². The van der Waals surface area contributed by atoms with Crippen LogP contribution < -0.4 is 5.48 Å². The van der Waals surface area contributed by atoms with Gasteiger partial charge in [-0.2, -0.15) is 0 Å². The Labute approximate surface area is 87.8 Å². The number of hydroxylamine groups is 1. The summed E-state index contributed by atoms with van der Waals surface area (Å²) in [7, 11) is 0. The molecule has 0 aliphatic heterocycles. The largest absolute Gasteiger partial charge is 0.274 e. The van der Waals surface area contributed by atoms with E-state index in [1.54, 1.807) is 24.3 Å². The Hall–Kier alpha value is -1.44. The first-order chi connectivity index (χ1) is 6.74. The van der Waals surface area contributed by atoms with Crippen molar-refractivity contribution in [3.8, 4) is 12.3 Å². The normalized spacial score (nSPS) is 9.14. The summed E-state index contributed by atoms with van der Waals surface area (Å²) < 4.78 is 0. The van der Waals surface area contributed by atoms with E-state index in [2.05, 4.69) is 28.9 Å². The maximum Gasteiger partial charge on any atom is 0.274 e. The second-order valence-corrected chi connectivity index (χ2v) is 2.99. The molecule has 0 heterocycles. The molecule has 0 bridgehead atoms. The highest BCUT2D eigenvalue weighted by Crippen LogP contribution is 2.07. The van der Waals surface area contributed by atoms with E-state index in [0.29, 0.717) is 5.56 Å². The van der Waals surface area contributed by atoms with Crippen LogP contribution in [0.4, 0.5) is 0 Å². The third-order valence-corrected chi connectivity index (χ3v) is 1.75. The van der Waals surface area contributed by atoms with Gasteiger partial charge >= 0.3 is 0 Å². The number of terminal acetylenes is 1. The second-order valence-electron chi connectivity index (χ2n) is 2.47. The Bertz CT molecular complexity index is 353. The SMILES string of the molecule is C#CCONC(=O)c1ccc(S)cc1. The summed E-state index contributed by atoms with van der Waals surface area (Å²) >= 11 is 4.10. The molecule has 1 rings (SSSR count). The van der Waals surface area contributed by atoms with Crippen molar-refractivity contribution in [1.29, 1.82) is 0 Å². The van der Waals surface area contributed by atoms with E-state index in [0.717, 1.165) is 4.90 Å². The van der Waals surface area contributed by atoms with Crippen molar-refractivity contribution in [3.05, 3.63) is 29.8 Å². The number of rotatable bonds is 3. The number of hydrogen-bond acceptors (Lipinski definition) is 3. The Morgan fingerprint density at radius 2 is 2.14 bits per heavy atom. The fraction of sp³-hybridized carbons (Fsp3) is 0.100. The van der Waals surface area contributed by atoms with E-state index in [4.69, 9.17) is 6.42 Å². The maximum absolute atomic E-state index is 11.3. The Morgan fingerprint density at radius 3 is 2.71 bits per heavy atom. The molecule has 0 atom stereocenters. The van der Waals surface area contributed by atoms with Crippen molar-refractivity contribution in [1.82, 2.24) is 5.48 Å². The molecule has 0 aliphatic carbocycles. The van der Waals surface area contributed by atoms with Gasteiger partial charge in [0.1, 0.15) is 6.61 Å². The number of benzene rings is 1. The molecule has 0 radical (unpaired) electrons. The first-order valence-electron chi connectivity index (χ1n) is 3.88. The molecule has 0 fully saturated rings. The van der Waals surface area contributed by atoms with E-state index >= 15 is 0 Å². The number of nitrogens with one attached hydrogen (secondary N) is 1. The zero-order chi connectivity index (χ0) is 10.4. The third kappa shape index (κ3) is 3.13. The summed E-state index contributed by atoms with van der Waals surface area (Å²) in [6.07, 6.45) is 4.94. The quantitative estimate of drug-likeness (QED) is 0.339. The van der Waals surface area contributed by atoms with Crippen LogP contribution >= 0.6 is 12.6 Å². The van der Waals surface area contributed by atoms with Crippen LogP contribution in [-0.4, -0.2) is 12.5 Å². The molecule has 4 heteroatoms. The van der Waals surface area contributed by atoms with Gasteiger partial charge in [0.05, 0.1) is 0 Å². The summed E-state index contributed by atoms with van der Waals surface area (Å²) in [5, 5.41) is 0. The summed E-state index contributed by atoms with van der Waals surface area (Å²) in [6.45, 7) is 0.0520. The minimum absolute atomic E-state index is 0.0520. The molecule has 1 aromatic rings. The lowest BCUT2D eigenvalue weighted by molar-refractivity contribution is 0.0438. The van der Waals surface area contributed by atoms with Gasteiger partial charge in [-0.05, 0) is 24.3 Å². The van der Waals surface area contributed by atoms with Crippen molar-refractivity contribution in [2.24, 2.45) is 0 Å². The summed E-state index contributed by atoms with van der Waals surface area (Å²) in [5.41, 5.74) is 2.71. The summed E-state index contributed by atoms with van der Waals surface area (Å²) in [5.74, 6) is 1.91. The van der Waals surface area contributed by atoms with Gasteiger partial charge in [-0.25, -0.2) is 5.48 Å². The molecule has 1 N–H and O–H groups in total. The molecule has 3 nitrogen and oxygen atoms in total. The van der Waals surface area contributed by atoms with Crippen LogP contribution in [0, 0.1) is 12.3 Å². The molecular formula is C10H9NO2S. The van der Waals surface area contributed by atoms with Crippen molar-refractivity contribution < 1.29 is 9.63 Å². The fourth-order valence-corrected chi connectivity index (χ4v) is 0.964. The number of carbonyl (C=O) groups is 1. The first kappa shape index (κ1) is 10.6. The molecule has 14 heavy (non-hydrogen) atoms. The highest BCUT2D eigenvalue weighted by Gasteiger charge is 2.03. The Morgan fingerprint density at radius 1 is 1.50 bits per heavy atom. The van der Waals surface area contributed by atoms with Gasteiger partial charge in [-0.1, -0.05) is 5.92 Å². The molecule has 0 aromatic heterocycles. The van der Waals surface area contributed by atoms with Gasteiger partial charge in [0, 0.05) is 10.5 Å². The predicted molar refractivity (Wildman–Crippen MR) is 55.9 cm³/mol. The van der Waals surface area contributed by atoms with Crippen LogP contribution in [0.5, 0.6) is 0 Å². The first-order valence-corrected chi connectivity index (χ1v) is 4.33. The van der Waals surface area contributed by atoms with Crippen molar-refractivity contribution in [2.45, 2.75) is 4.90 Å². The lowest BCUT2D eigenvalue weighted by Crippen LogP contribution is -2.23. The van der Waals surface area contributed by atoms with Crippen molar-refractivity contribution in [2.75, 3.05) is 6.61 Å². The van der Waals surface area contributed by atoms with Gasteiger partial charge in [0.2, 0.25) is 0 Å². The van der Waals surface area contributed by atoms with Gasteiger partial charge in [-0.3, -0.25) is 9.63 Å². The molecule has 0 saturated carbocycles. The maximum atomic E-state index is 11.3. The molecule has 1 amide bonds. The van der Waals surface area contributed by atoms with Crippen LogP contribution in [0.25, 0.3) is 0 Å². The van der Waals surface area contributed by atoms with E-state index < -0.39 is 0 Å². The Kier molecular flexibility index (Phi) is 4.05. The zero-order valence-corrected chi connectivity index (χ0v) is 8.25. The lowest BCUT2D eigenvalue weighted by atomic mass is 10.2. The lowest BCUT2D eigenvalue weighted by Gasteiger charge is -2.02. The molecule has 0 spiro atoms. The smallest absolute Gasteiger partial charge is 0.267 e. The topological polar surface area (TPSA) is 38.3 Å². The number of thiol groups is 1. The minimum Gasteiger partial charge on any atom is -0.267 e. The van der Waals surface area contributed by atoms with E-state index in [1.165, 1.54) is 0 Å². The van der Waals surface area contributed by atoms with Gasteiger partial charge in [0.15, 0.2) is 0 Å². The van der Waals surface area contributed by atoms with Crippen LogP contribution in [0.2, 0.25) is 0 Å². The second kappa shape index (κ2) is 5.32. The van der Waals surface area contributed by atoms with Gasteiger partial charge in [0.25, 0.3) is 5.91 Å². The summed E-state index contributed by atoms with van der Waals surface area (Å²) in [6, 6.07) is 6.74. The fourth-order valence-electron chi connectivity index (χ4n) is 0.815. The van der Waals surface area contributed by atoms with E-state index in [-0.39, 0.29) is 12.5 Å². The standard InChI is InChI=1S/C10H9NO2S/c1-2-7-13-11-10(12)8-3-5-9(14)6-4-8/h1,3-6,14H,7H2,(H,11,12). The van der Waals surface area contributed by atoms with Gasteiger partial charge in [-0.15, -0.1) is 19.1 Å². The number of amides is 1. The van der Waals surface area contributed by atoms with Crippen LogP contribution in [0.3, 0.4) is 0 Å². The molecule has 1 aromatic carbocycles. The predicted octanol–water partition coefficient (Wildman–Crippen LogP) is 1.27. The minimum atomic E-state index is -0.325. The number of carbonyl (C=O) groups excluding carboxylic acids is 1. The molecule has 72 valence electrons. The summed E-state index contributed by atoms with van der Waals surface area (Å²) in [4.78, 5) is 16.8. The third-order valence-electron chi connectivity index (χ3n) is 1.45. The molecule has 0 unspecified atom stereocenters. The average molecular weight is 207 g/mol. The van der Waals surface area contributed by atoms with Crippen LogP contribution in [0.15, 0.2) is 29.2 Å². The zero-order valence-electron chi connectivity index (χ0n) is 7.36. The monoisotopic (exact) mass is 207 g/mol. The van der Waals surface area contributed by atoms with Crippen LogP contribution in [-0.2, 0) is 4.84 Å². The van der Waals surface area contributed by atoms with Crippen molar-refractivity contribution in [3.63, 3.8) is 0 Å². The highest BCUT2D eigenvalue weighted by molar-refractivity contribution is 7.80. The highest BCUT2D eigenvalue weighted by atomic mass is 32.1. The number of hydrogen-bond donors (Lipinski definition) is 2. The Balaban J connectivity index is 2.53. The average Bonchev–Trinajstić information content (AvgIpc) is 2.19. The van der Waals surface area contributed by atoms with E-state index in [1.807, 2.05) is 0 Å². The molecule has 0 saturated heterocycles. The molecule has 0 aliphatic rings.